The SMILES string of the molecule is O=C(OC1CCCC1)c1ccc(NC(=O)[C@H]2COCCO2)cc1. The third-order valence-electron chi connectivity index (χ3n) is 4.07. The third-order valence-corrected chi connectivity index (χ3v) is 4.07. The van der Waals surface area contributed by atoms with E-state index in [0.29, 0.717) is 24.5 Å². The van der Waals surface area contributed by atoms with E-state index in [1.165, 1.54) is 0 Å². The highest BCUT2D eigenvalue weighted by Gasteiger charge is 2.23. The lowest BCUT2D eigenvalue weighted by atomic mass is 10.2. The molecular weight excluding hydrogens is 298 g/mol. The molecular formula is C17H21NO5. The second-order valence-electron chi connectivity index (χ2n) is 5.81. The topological polar surface area (TPSA) is 73.9 Å². The Bertz CT molecular complexity index is 545. The van der Waals surface area contributed by atoms with Crippen molar-refractivity contribution in [2.24, 2.45) is 0 Å². The summed E-state index contributed by atoms with van der Waals surface area (Å²) in [5, 5.41) is 2.75. The van der Waals surface area contributed by atoms with E-state index in [-0.39, 0.29) is 24.6 Å². The molecule has 1 aliphatic carbocycles. The Hall–Kier alpha value is -1.92. The highest BCUT2D eigenvalue weighted by Crippen LogP contribution is 2.22. The first-order valence-electron chi connectivity index (χ1n) is 8.03. The van der Waals surface area contributed by atoms with Gasteiger partial charge < -0.3 is 19.5 Å². The Morgan fingerprint density at radius 3 is 2.48 bits per heavy atom. The molecule has 0 spiro atoms. The van der Waals surface area contributed by atoms with Crippen LogP contribution in [0.3, 0.4) is 0 Å². The van der Waals surface area contributed by atoms with Crippen molar-refractivity contribution in [3.63, 3.8) is 0 Å². The van der Waals surface area contributed by atoms with Crippen molar-refractivity contribution in [2.75, 3.05) is 25.1 Å². The summed E-state index contributed by atoms with van der Waals surface area (Å²) >= 11 is 0. The number of benzene rings is 1. The van der Waals surface area contributed by atoms with Crippen LogP contribution in [-0.4, -0.2) is 43.9 Å². The van der Waals surface area contributed by atoms with E-state index in [9.17, 15) is 9.59 Å². The number of esters is 1. The zero-order chi connectivity index (χ0) is 16.1. The summed E-state index contributed by atoms with van der Waals surface area (Å²) in [7, 11) is 0. The Kier molecular flexibility index (Phi) is 5.25. The van der Waals surface area contributed by atoms with Crippen LogP contribution in [0.15, 0.2) is 24.3 Å². The molecule has 1 heterocycles. The molecule has 23 heavy (non-hydrogen) atoms. The van der Waals surface area contributed by atoms with Crippen LogP contribution >= 0.6 is 0 Å². The molecule has 1 N–H and O–H groups in total. The van der Waals surface area contributed by atoms with Gasteiger partial charge in [-0.2, -0.15) is 0 Å². The number of anilines is 1. The van der Waals surface area contributed by atoms with Crippen molar-refractivity contribution in [1.29, 1.82) is 0 Å². The number of carbonyl (C=O) groups excluding carboxylic acids is 2. The van der Waals surface area contributed by atoms with Crippen LogP contribution in [0, 0.1) is 0 Å². The summed E-state index contributed by atoms with van der Waals surface area (Å²) in [5.41, 5.74) is 1.11. The van der Waals surface area contributed by atoms with Crippen LogP contribution in [-0.2, 0) is 19.0 Å². The quantitative estimate of drug-likeness (QED) is 0.861. The van der Waals surface area contributed by atoms with Crippen LogP contribution in [0.2, 0.25) is 0 Å². The Balaban J connectivity index is 1.53. The minimum atomic E-state index is -0.587. The van der Waals surface area contributed by atoms with E-state index in [0.717, 1.165) is 25.7 Å². The normalized spacial score (nSPS) is 21.8. The molecule has 0 unspecified atom stereocenters. The predicted octanol–water partition coefficient (Wildman–Crippen LogP) is 2.14. The number of amides is 1. The fraction of sp³-hybridized carbons (Fsp3) is 0.529. The monoisotopic (exact) mass is 319 g/mol. The highest BCUT2D eigenvalue weighted by molar-refractivity contribution is 5.95. The van der Waals surface area contributed by atoms with E-state index in [1.807, 2.05) is 0 Å². The van der Waals surface area contributed by atoms with Gasteiger partial charge in [0.25, 0.3) is 5.91 Å². The van der Waals surface area contributed by atoms with Crippen molar-refractivity contribution in [1.82, 2.24) is 0 Å². The smallest absolute Gasteiger partial charge is 0.338 e. The van der Waals surface area contributed by atoms with Gasteiger partial charge in [-0.25, -0.2) is 4.79 Å². The molecule has 0 bridgehead atoms. The average molecular weight is 319 g/mol. The molecule has 1 atom stereocenters. The van der Waals surface area contributed by atoms with E-state index in [2.05, 4.69) is 5.32 Å². The van der Waals surface area contributed by atoms with Gasteiger partial charge in [0.2, 0.25) is 0 Å². The molecule has 1 saturated carbocycles. The maximum Gasteiger partial charge on any atom is 0.338 e. The van der Waals surface area contributed by atoms with Crippen LogP contribution in [0.25, 0.3) is 0 Å². The minimum Gasteiger partial charge on any atom is -0.459 e. The number of ether oxygens (including phenoxy) is 3. The molecule has 3 rings (SSSR count). The van der Waals surface area contributed by atoms with Crippen molar-refractivity contribution in [3.8, 4) is 0 Å². The van der Waals surface area contributed by atoms with Gasteiger partial charge in [-0.1, -0.05) is 0 Å². The first-order chi connectivity index (χ1) is 11.2. The zero-order valence-corrected chi connectivity index (χ0v) is 13.0. The van der Waals surface area contributed by atoms with Crippen molar-refractivity contribution in [3.05, 3.63) is 29.8 Å². The van der Waals surface area contributed by atoms with Gasteiger partial charge in [-0.05, 0) is 49.9 Å². The van der Waals surface area contributed by atoms with Crippen LogP contribution in [0.4, 0.5) is 5.69 Å². The second-order valence-corrected chi connectivity index (χ2v) is 5.81. The van der Waals surface area contributed by atoms with E-state index < -0.39 is 6.10 Å². The summed E-state index contributed by atoms with van der Waals surface area (Å²) in [6.07, 6.45) is 3.60. The van der Waals surface area contributed by atoms with E-state index in [1.54, 1.807) is 24.3 Å². The van der Waals surface area contributed by atoms with Crippen LogP contribution < -0.4 is 5.32 Å². The van der Waals surface area contributed by atoms with Crippen molar-refractivity contribution >= 4 is 17.6 Å². The first-order valence-corrected chi connectivity index (χ1v) is 8.03. The van der Waals surface area contributed by atoms with Crippen molar-refractivity contribution < 1.29 is 23.8 Å². The zero-order valence-electron chi connectivity index (χ0n) is 13.0. The number of rotatable bonds is 4. The maximum absolute atomic E-state index is 12.0. The number of carbonyl (C=O) groups is 2. The molecule has 1 aromatic rings. The number of nitrogens with one attached hydrogen (secondary N) is 1. The van der Waals surface area contributed by atoms with Crippen LogP contribution in [0.1, 0.15) is 36.0 Å². The number of hydrogen-bond donors (Lipinski definition) is 1. The Morgan fingerprint density at radius 1 is 1.09 bits per heavy atom. The highest BCUT2D eigenvalue weighted by atomic mass is 16.6. The molecule has 0 radical (unpaired) electrons. The summed E-state index contributed by atoms with van der Waals surface area (Å²) in [5.74, 6) is -0.551. The lowest BCUT2D eigenvalue weighted by Crippen LogP contribution is -2.39. The second kappa shape index (κ2) is 7.57. The lowest BCUT2D eigenvalue weighted by molar-refractivity contribution is -0.142. The molecule has 1 aliphatic heterocycles. The van der Waals surface area contributed by atoms with Gasteiger partial charge in [0.05, 0.1) is 25.4 Å². The largest absolute Gasteiger partial charge is 0.459 e. The minimum absolute atomic E-state index is 0.0466. The van der Waals surface area contributed by atoms with Crippen molar-refractivity contribution in [2.45, 2.75) is 37.9 Å². The molecule has 1 amide bonds. The molecule has 1 aromatic carbocycles. The summed E-state index contributed by atoms with van der Waals surface area (Å²) in [6.45, 7) is 1.20. The van der Waals surface area contributed by atoms with E-state index >= 15 is 0 Å². The van der Waals surface area contributed by atoms with Crippen LogP contribution in [0.5, 0.6) is 0 Å². The first kappa shape index (κ1) is 16.0. The number of hydrogen-bond acceptors (Lipinski definition) is 5. The molecule has 6 nitrogen and oxygen atoms in total. The van der Waals surface area contributed by atoms with Gasteiger partial charge in [0, 0.05) is 5.69 Å². The van der Waals surface area contributed by atoms with Gasteiger partial charge >= 0.3 is 5.97 Å². The Labute approximate surface area is 135 Å². The lowest BCUT2D eigenvalue weighted by Gasteiger charge is -2.22. The van der Waals surface area contributed by atoms with Gasteiger partial charge in [0.15, 0.2) is 6.10 Å². The van der Waals surface area contributed by atoms with Gasteiger partial charge in [-0.15, -0.1) is 0 Å². The summed E-state index contributed by atoms with van der Waals surface area (Å²) < 4.78 is 16.0. The standard InChI is InChI=1S/C17H21NO5/c19-16(15-11-21-9-10-22-15)18-13-7-5-12(6-8-13)17(20)23-14-3-1-2-4-14/h5-8,14-15H,1-4,9-11H2,(H,18,19)/t15-/m1/s1. The molecule has 0 aromatic heterocycles. The fourth-order valence-electron chi connectivity index (χ4n) is 2.78. The fourth-order valence-corrected chi connectivity index (χ4v) is 2.78. The molecule has 2 fully saturated rings. The average Bonchev–Trinajstić information content (AvgIpc) is 3.09. The maximum atomic E-state index is 12.0. The third kappa shape index (κ3) is 4.30. The molecule has 6 heteroatoms. The van der Waals surface area contributed by atoms with Gasteiger partial charge in [-0.3, -0.25) is 4.79 Å². The Morgan fingerprint density at radius 2 is 1.83 bits per heavy atom. The van der Waals surface area contributed by atoms with E-state index in [4.69, 9.17) is 14.2 Å². The van der Waals surface area contributed by atoms with Gasteiger partial charge in [0.1, 0.15) is 6.10 Å². The molecule has 2 aliphatic rings. The molecule has 124 valence electrons. The summed E-state index contributed by atoms with van der Waals surface area (Å²) in [4.78, 5) is 24.0. The summed E-state index contributed by atoms with van der Waals surface area (Å²) in [6, 6.07) is 6.69. The predicted molar refractivity (Wildman–Crippen MR) is 83.3 cm³/mol. The molecule has 1 saturated heterocycles.